The molecule has 0 saturated heterocycles. The number of methoxy groups -OCH3 is 1. The molecule has 14 heavy (non-hydrogen) atoms. The molecule has 0 aliphatic rings. The van der Waals surface area contributed by atoms with Crippen LogP contribution in [0.25, 0.3) is 5.95 Å². The van der Waals surface area contributed by atoms with Gasteiger partial charge >= 0.3 is 0 Å². The van der Waals surface area contributed by atoms with Crippen LogP contribution in [0.3, 0.4) is 0 Å². The Balaban J connectivity index is 2.41. The second kappa shape index (κ2) is 3.89. The lowest BCUT2D eigenvalue weighted by molar-refractivity contribution is 0.120. The van der Waals surface area contributed by atoms with Crippen LogP contribution >= 0.6 is 15.9 Å². The van der Waals surface area contributed by atoms with E-state index in [0.29, 0.717) is 17.4 Å². The SMILES string of the molecule is COCn1nc(Br)nc1-n1ccnc1. The molecule has 0 spiro atoms. The highest BCUT2D eigenvalue weighted by molar-refractivity contribution is 9.10. The molecule has 0 aliphatic heterocycles. The van der Waals surface area contributed by atoms with Gasteiger partial charge in [-0.15, -0.1) is 5.10 Å². The van der Waals surface area contributed by atoms with Crippen molar-refractivity contribution in [2.24, 2.45) is 0 Å². The Morgan fingerprint density at radius 1 is 1.57 bits per heavy atom. The normalized spacial score (nSPS) is 10.7. The highest BCUT2D eigenvalue weighted by Gasteiger charge is 2.08. The predicted octanol–water partition coefficient (Wildman–Crippen LogP) is 0.830. The summed E-state index contributed by atoms with van der Waals surface area (Å²) >= 11 is 3.21. The van der Waals surface area contributed by atoms with Crippen molar-refractivity contribution in [1.82, 2.24) is 24.3 Å². The molecule has 2 aromatic heterocycles. The number of aromatic nitrogens is 5. The van der Waals surface area contributed by atoms with E-state index in [4.69, 9.17) is 4.74 Å². The summed E-state index contributed by atoms with van der Waals surface area (Å²) in [5.41, 5.74) is 0. The molecule has 0 amide bonds. The standard InChI is InChI=1S/C7H8BrN5O/c1-14-5-13-7(10-6(8)11-13)12-3-2-9-4-12/h2-4H,5H2,1H3. The molecule has 2 rings (SSSR count). The van der Waals surface area contributed by atoms with Crippen LogP contribution in [-0.2, 0) is 11.5 Å². The molecule has 0 unspecified atom stereocenters. The van der Waals surface area contributed by atoms with Crippen molar-refractivity contribution in [3.63, 3.8) is 0 Å². The molecule has 0 fully saturated rings. The van der Waals surface area contributed by atoms with E-state index in [0.717, 1.165) is 0 Å². The van der Waals surface area contributed by atoms with E-state index in [2.05, 4.69) is 31.0 Å². The van der Waals surface area contributed by atoms with Gasteiger partial charge in [-0.1, -0.05) is 0 Å². The Hall–Kier alpha value is -1.21. The molecule has 0 N–H and O–H groups in total. The molecule has 0 aromatic carbocycles. The topological polar surface area (TPSA) is 57.8 Å². The molecule has 0 radical (unpaired) electrons. The maximum absolute atomic E-state index is 4.99. The van der Waals surface area contributed by atoms with Crippen LogP contribution < -0.4 is 0 Å². The van der Waals surface area contributed by atoms with Crippen molar-refractivity contribution in [2.45, 2.75) is 6.73 Å². The molecule has 0 aliphatic carbocycles. The van der Waals surface area contributed by atoms with E-state index < -0.39 is 0 Å². The number of nitrogens with zero attached hydrogens (tertiary/aromatic N) is 5. The average Bonchev–Trinajstić information content (AvgIpc) is 2.74. The molecule has 2 aromatic rings. The number of ether oxygens (including phenoxy) is 1. The van der Waals surface area contributed by atoms with Crippen LogP contribution in [0.15, 0.2) is 23.5 Å². The van der Waals surface area contributed by atoms with Gasteiger partial charge in [0.15, 0.2) is 0 Å². The van der Waals surface area contributed by atoms with Crippen LogP contribution in [0.5, 0.6) is 0 Å². The van der Waals surface area contributed by atoms with Gasteiger partial charge in [0, 0.05) is 19.5 Å². The van der Waals surface area contributed by atoms with E-state index in [-0.39, 0.29) is 0 Å². The fourth-order valence-corrected chi connectivity index (χ4v) is 1.43. The van der Waals surface area contributed by atoms with Crippen LogP contribution in [0.2, 0.25) is 0 Å². The monoisotopic (exact) mass is 257 g/mol. The summed E-state index contributed by atoms with van der Waals surface area (Å²) in [6, 6.07) is 0. The molecule has 7 heteroatoms. The van der Waals surface area contributed by atoms with E-state index >= 15 is 0 Å². The fourth-order valence-electron chi connectivity index (χ4n) is 1.08. The van der Waals surface area contributed by atoms with Gasteiger partial charge in [0.1, 0.15) is 13.1 Å². The maximum atomic E-state index is 4.99. The van der Waals surface area contributed by atoms with Crippen molar-refractivity contribution in [3.8, 4) is 5.95 Å². The largest absolute Gasteiger partial charge is 0.362 e. The quantitative estimate of drug-likeness (QED) is 0.818. The van der Waals surface area contributed by atoms with Crippen molar-refractivity contribution in [1.29, 1.82) is 0 Å². The van der Waals surface area contributed by atoms with E-state index in [1.165, 1.54) is 0 Å². The maximum Gasteiger partial charge on any atom is 0.236 e. The first-order valence-electron chi connectivity index (χ1n) is 3.89. The number of halogens is 1. The second-order valence-electron chi connectivity index (χ2n) is 2.57. The third kappa shape index (κ3) is 1.68. The number of imidazole rings is 1. The van der Waals surface area contributed by atoms with Gasteiger partial charge < -0.3 is 4.74 Å². The van der Waals surface area contributed by atoms with E-state index in [1.54, 1.807) is 35.1 Å². The fraction of sp³-hybridized carbons (Fsp3) is 0.286. The molecule has 0 atom stereocenters. The summed E-state index contributed by atoms with van der Waals surface area (Å²) in [6.07, 6.45) is 5.13. The minimum Gasteiger partial charge on any atom is -0.362 e. The lowest BCUT2D eigenvalue weighted by Crippen LogP contribution is -2.08. The summed E-state index contributed by atoms with van der Waals surface area (Å²) in [7, 11) is 1.60. The summed E-state index contributed by atoms with van der Waals surface area (Å²) in [5, 5.41) is 4.10. The van der Waals surface area contributed by atoms with Gasteiger partial charge in [-0.05, 0) is 15.9 Å². The number of hydrogen-bond acceptors (Lipinski definition) is 4. The van der Waals surface area contributed by atoms with Crippen molar-refractivity contribution >= 4 is 15.9 Å². The van der Waals surface area contributed by atoms with Gasteiger partial charge in [0.05, 0.1) is 0 Å². The zero-order chi connectivity index (χ0) is 9.97. The highest BCUT2D eigenvalue weighted by Crippen LogP contribution is 2.09. The highest BCUT2D eigenvalue weighted by atomic mass is 79.9. The summed E-state index contributed by atoms with van der Waals surface area (Å²) < 4.78 is 8.90. The molecule has 0 saturated carbocycles. The first-order valence-corrected chi connectivity index (χ1v) is 4.68. The lowest BCUT2D eigenvalue weighted by Gasteiger charge is -2.03. The third-order valence-corrected chi connectivity index (χ3v) is 1.95. The second-order valence-corrected chi connectivity index (χ2v) is 3.28. The number of hydrogen-bond donors (Lipinski definition) is 0. The average molecular weight is 258 g/mol. The molecular formula is C7H8BrN5O. The van der Waals surface area contributed by atoms with Gasteiger partial charge in [0.25, 0.3) is 0 Å². The molecule has 6 nitrogen and oxygen atoms in total. The van der Waals surface area contributed by atoms with Crippen molar-refractivity contribution in [3.05, 3.63) is 23.5 Å². The Morgan fingerprint density at radius 3 is 3.07 bits per heavy atom. The third-order valence-electron chi connectivity index (χ3n) is 1.61. The first-order chi connectivity index (χ1) is 6.81. The predicted molar refractivity (Wildman–Crippen MR) is 51.9 cm³/mol. The summed E-state index contributed by atoms with van der Waals surface area (Å²) in [5.74, 6) is 0.663. The molecular weight excluding hydrogens is 250 g/mol. The Bertz CT molecular complexity index is 410. The van der Waals surface area contributed by atoms with Crippen LogP contribution in [0.1, 0.15) is 0 Å². The summed E-state index contributed by atoms with van der Waals surface area (Å²) in [4.78, 5) is 8.12. The Labute approximate surface area is 88.7 Å². The van der Waals surface area contributed by atoms with Crippen LogP contribution in [-0.4, -0.2) is 31.4 Å². The smallest absolute Gasteiger partial charge is 0.236 e. The van der Waals surface area contributed by atoms with Gasteiger partial charge in [-0.2, -0.15) is 4.98 Å². The molecule has 0 bridgehead atoms. The van der Waals surface area contributed by atoms with Crippen LogP contribution in [0.4, 0.5) is 0 Å². The van der Waals surface area contributed by atoms with Crippen molar-refractivity contribution < 1.29 is 4.74 Å². The zero-order valence-corrected chi connectivity index (χ0v) is 9.05. The Kier molecular flexibility index (Phi) is 2.60. The number of rotatable bonds is 3. The van der Waals surface area contributed by atoms with Crippen molar-refractivity contribution in [2.75, 3.05) is 7.11 Å². The minimum atomic E-state index is 0.353. The summed E-state index contributed by atoms with van der Waals surface area (Å²) in [6.45, 7) is 0.353. The van der Waals surface area contributed by atoms with Gasteiger partial charge in [-0.25, -0.2) is 9.67 Å². The minimum absolute atomic E-state index is 0.353. The van der Waals surface area contributed by atoms with Gasteiger partial charge in [0.2, 0.25) is 10.7 Å². The zero-order valence-electron chi connectivity index (χ0n) is 7.46. The lowest BCUT2D eigenvalue weighted by atomic mass is 10.8. The van der Waals surface area contributed by atoms with Crippen LogP contribution in [0, 0.1) is 0 Å². The van der Waals surface area contributed by atoms with Gasteiger partial charge in [-0.3, -0.25) is 4.57 Å². The molecule has 2 heterocycles. The van der Waals surface area contributed by atoms with E-state index in [1.807, 2.05) is 0 Å². The first kappa shape index (κ1) is 9.35. The Morgan fingerprint density at radius 2 is 2.43 bits per heavy atom. The molecule has 74 valence electrons. The van der Waals surface area contributed by atoms with E-state index in [9.17, 15) is 0 Å².